The first-order valence-corrected chi connectivity index (χ1v) is 9.19. The molecule has 4 nitrogen and oxygen atoms in total. The minimum Gasteiger partial charge on any atom is -0.326 e. The highest BCUT2D eigenvalue weighted by atomic mass is 32.1. The number of anilines is 1. The SMILES string of the molecule is CC(=O)c1cccc(NC(=O)CCCCc2nc3ccccc3s2)c1. The van der Waals surface area contributed by atoms with Gasteiger partial charge in [-0.05, 0) is 50.5 Å². The average molecular weight is 352 g/mol. The van der Waals surface area contributed by atoms with Crippen LogP contribution in [0.3, 0.4) is 0 Å². The van der Waals surface area contributed by atoms with E-state index in [2.05, 4.69) is 16.4 Å². The molecule has 2 aromatic carbocycles. The van der Waals surface area contributed by atoms with Crippen molar-refractivity contribution in [1.82, 2.24) is 4.98 Å². The third-order valence-electron chi connectivity index (χ3n) is 3.94. The number of nitrogens with one attached hydrogen (secondary N) is 1. The lowest BCUT2D eigenvalue weighted by molar-refractivity contribution is -0.116. The number of para-hydroxylation sites is 1. The Labute approximate surface area is 150 Å². The molecule has 0 spiro atoms. The van der Waals surface area contributed by atoms with Crippen molar-refractivity contribution in [3.63, 3.8) is 0 Å². The van der Waals surface area contributed by atoms with Crippen molar-refractivity contribution < 1.29 is 9.59 Å². The third kappa shape index (κ3) is 4.73. The summed E-state index contributed by atoms with van der Waals surface area (Å²) in [7, 11) is 0. The molecule has 3 rings (SSSR count). The number of fused-ring (bicyclic) bond motifs is 1. The highest BCUT2D eigenvalue weighted by Gasteiger charge is 2.06. The number of nitrogens with zero attached hydrogens (tertiary/aromatic N) is 1. The van der Waals surface area contributed by atoms with E-state index in [4.69, 9.17) is 0 Å². The molecule has 0 fully saturated rings. The predicted molar refractivity (Wildman–Crippen MR) is 102 cm³/mol. The molecule has 0 aliphatic carbocycles. The molecule has 0 unspecified atom stereocenters. The summed E-state index contributed by atoms with van der Waals surface area (Å²) in [5, 5.41) is 3.97. The molecule has 0 saturated heterocycles. The first-order chi connectivity index (χ1) is 12.1. The second-order valence-electron chi connectivity index (χ2n) is 5.97. The molecule has 0 atom stereocenters. The van der Waals surface area contributed by atoms with E-state index in [0.29, 0.717) is 17.7 Å². The number of unbranched alkanes of at least 4 members (excludes halogenated alkanes) is 1. The largest absolute Gasteiger partial charge is 0.326 e. The van der Waals surface area contributed by atoms with Gasteiger partial charge in [0.05, 0.1) is 15.2 Å². The Balaban J connectivity index is 1.45. The monoisotopic (exact) mass is 352 g/mol. The van der Waals surface area contributed by atoms with Crippen molar-refractivity contribution in [1.29, 1.82) is 0 Å². The van der Waals surface area contributed by atoms with E-state index in [1.54, 1.807) is 35.6 Å². The molecule has 0 bridgehead atoms. The van der Waals surface area contributed by atoms with Crippen LogP contribution in [0.1, 0.15) is 41.6 Å². The van der Waals surface area contributed by atoms with Crippen LogP contribution in [0.2, 0.25) is 0 Å². The van der Waals surface area contributed by atoms with Gasteiger partial charge in [-0.2, -0.15) is 0 Å². The molecular weight excluding hydrogens is 332 g/mol. The molecule has 1 aromatic heterocycles. The van der Waals surface area contributed by atoms with Crippen LogP contribution < -0.4 is 5.32 Å². The van der Waals surface area contributed by atoms with Gasteiger partial charge < -0.3 is 5.32 Å². The van der Waals surface area contributed by atoms with Crippen molar-refractivity contribution in [2.24, 2.45) is 0 Å². The van der Waals surface area contributed by atoms with Gasteiger partial charge >= 0.3 is 0 Å². The Morgan fingerprint density at radius 1 is 1.08 bits per heavy atom. The molecule has 1 N–H and O–H groups in total. The van der Waals surface area contributed by atoms with Gasteiger partial charge in [-0.15, -0.1) is 11.3 Å². The van der Waals surface area contributed by atoms with E-state index in [1.165, 1.54) is 11.6 Å². The first kappa shape index (κ1) is 17.3. The number of hydrogen-bond donors (Lipinski definition) is 1. The van der Waals surface area contributed by atoms with Gasteiger partial charge in [0.25, 0.3) is 0 Å². The van der Waals surface area contributed by atoms with Crippen LogP contribution in [-0.4, -0.2) is 16.7 Å². The number of ketones is 1. The van der Waals surface area contributed by atoms with E-state index >= 15 is 0 Å². The van der Waals surface area contributed by atoms with E-state index in [1.807, 2.05) is 18.2 Å². The minimum atomic E-state index is -0.0231. The van der Waals surface area contributed by atoms with E-state index in [0.717, 1.165) is 29.8 Å². The van der Waals surface area contributed by atoms with Crippen LogP contribution in [-0.2, 0) is 11.2 Å². The zero-order valence-corrected chi connectivity index (χ0v) is 14.9. The van der Waals surface area contributed by atoms with Crippen LogP contribution in [0, 0.1) is 0 Å². The Bertz CT molecular complexity index is 868. The molecule has 0 saturated carbocycles. The second kappa shape index (κ2) is 8.03. The summed E-state index contributed by atoms with van der Waals surface area (Å²) in [5.74, 6) is -0.0306. The Kier molecular flexibility index (Phi) is 5.56. The maximum atomic E-state index is 12.0. The van der Waals surface area contributed by atoms with Crippen LogP contribution in [0.15, 0.2) is 48.5 Å². The Hall–Kier alpha value is -2.53. The van der Waals surface area contributed by atoms with Crippen molar-refractivity contribution in [2.45, 2.75) is 32.6 Å². The summed E-state index contributed by atoms with van der Waals surface area (Å²) < 4.78 is 1.21. The van der Waals surface area contributed by atoms with Crippen molar-refractivity contribution in [2.75, 3.05) is 5.32 Å². The van der Waals surface area contributed by atoms with Gasteiger partial charge in [0.15, 0.2) is 5.78 Å². The molecule has 25 heavy (non-hydrogen) atoms. The number of amides is 1. The van der Waals surface area contributed by atoms with Gasteiger partial charge in [-0.3, -0.25) is 9.59 Å². The standard InChI is InChI=1S/C20H20N2O2S/c1-14(23)15-7-6-8-16(13-15)21-19(24)11-4-5-12-20-22-17-9-2-3-10-18(17)25-20/h2-3,6-10,13H,4-5,11-12H2,1H3,(H,21,24). The van der Waals surface area contributed by atoms with Gasteiger partial charge in [0.1, 0.15) is 0 Å². The maximum Gasteiger partial charge on any atom is 0.224 e. The number of thiazole rings is 1. The summed E-state index contributed by atoms with van der Waals surface area (Å²) in [4.78, 5) is 28.0. The fourth-order valence-electron chi connectivity index (χ4n) is 2.63. The number of benzene rings is 2. The number of Topliss-reactive ketones (excluding diaryl/α,β-unsaturated/α-hetero) is 1. The smallest absolute Gasteiger partial charge is 0.224 e. The average Bonchev–Trinajstić information content (AvgIpc) is 3.02. The normalized spacial score (nSPS) is 10.8. The van der Waals surface area contributed by atoms with Crippen LogP contribution in [0.4, 0.5) is 5.69 Å². The number of aromatic nitrogens is 1. The van der Waals surface area contributed by atoms with Gasteiger partial charge in [-0.25, -0.2) is 4.98 Å². The summed E-state index contributed by atoms with van der Waals surface area (Å²) in [5.41, 5.74) is 2.32. The molecule has 0 aliphatic heterocycles. The lowest BCUT2D eigenvalue weighted by atomic mass is 10.1. The molecule has 1 heterocycles. The van der Waals surface area contributed by atoms with E-state index in [-0.39, 0.29) is 11.7 Å². The number of carbonyl (C=O) groups is 2. The summed E-state index contributed by atoms with van der Waals surface area (Å²) >= 11 is 1.72. The lowest BCUT2D eigenvalue weighted by Crippen LogP contribution is -2.11. The third-order valence-corrected chi connectivity index (χ3v) is 5.03. The Morgan fingerprint density at radius 2 is 1.92 bits per heavy atom. The van der Waals surface area contributed by atoms with Gasteiger partial charge in [-0.1, -0.05) is 24.3 Å². The fourth-order valence-corrected chi connectivity index (χ4v) is 3.64. The molecule has 1 amide bonds. The zero-order chi connectivity index (χ0) is 17.6. The highest BCUT2D eigenvalue weighted by molar-refractivity contribution is 7.18. The number of aryl methyl sites for hydroxylation is 1. The quantitative estimate of drug-likeness (QED) is 0.488. The number of rotatable bonds is 7. The van der Waals surface area contributed by atoms with Crippen LogP contribution in [0.25, 0.3) is 10.2 Å². The van der Waals surface area contributed by atoms with Crippen LogP contribution >= 0.6 is 11.3 Å². The predicted octanol–water partition coefficient (Wildman–Crippen LogP) is 4.85. The Morgan fingerprint density at radius 3 is 2.72 bits per heavy atom. The molecule has 128 valence electrons. The topological polar surface area (TPSA) is 59.1 Å². The lowest BCUT2D eigenvalue weighted by Gasteiger charge is -2.06. The van der Waals surface area contributed by atoms with Crippen molar-refractivity contribution >= 4 is 38.9 Å². The summed E-state index contributed by atoms with van der Waals surface area (Å²) in [6.45, 7) is 1.52. The maximum absolute atomic E-state index is 12.0. The van der Waals surface area contributed by atoms with Crippen molar-refractivity contribution in [3.8, 4) is 0 Å². The van der Waals surface area contributed by atoms with Gasteiger partial charge in [0.2, 0.25) is 5.91 Å². The summed E-state index contributed by atoms with van der Waals surface area (Å²) in [6.07, 6.45) is 3.11. The number of hydrogen-bond acceptors (Lipinski definition) is 4. The molecule has 3 aromatic rings. The first-order valence-electron chi connectivity index (χ1n) is 8.37. The molecular formula is C20H20N2O2S. The molecule has 0 radical (unpaired) electrons. The minimum absolute atomic E-state index is 0.00747. The van der Waals surface area contributed by atoms with Gasteiger partial charge in [0, 0.05) is 17.7 Å². The van der Waals surface area contributed by atoms with E-state index in [9.17, 15) is 9.59 Å². The van der Waals surface area contributed by atoms with E-state index < -0.39 is 0 Å². The molecule has 5 heteroatoms. The van der Waals surface area contributed by atoms with Crippen molar-refractivity contribution in [3.05, 3.63) is 59.1 Å². The second-order valence-corrected chi connectivity index (χ2v) is 7.08. The van der Waals surface area contributed by atoms with Crippen LogP contribution in [0.5, 0.6) is 0 Å². The number of carbonyl (C=O) groups excluding carboxylic acids is 2. The highest BCUT2D eigenvalue weighted by Crippen LogP contribution is 2.23. The fraction of sp³-hybridized carbons (Fsp3) is 0.250. The summed E-state index contributed by atoms with van der Waals surface area (Å²) in [6, 6.07) is 15.2. The molecule has 0 aliphatic rings. The zero-order valence-electron chi connectivity index (χ0n) is 14.1.